The molecule has 0 aliphatic rings. The number of nitrogens with zero attached hydrogens (tertiary/aromatic N) is 1. The van der Waals surface area contributed by atoms with Crippen molar-refractivity contribution in [2.45, 2.75) is 20.8 Å². The number of hydrogen-bond donors (Lipinski definition) is 1. The lowest BCUT2D eigenvalue weighted by Crippen LogP contribution is -2.38. The second-order valence-electron chi connectivity index (χ2n) is 4.71. The van der Waals surface area contributed by atoms with Gasteiger partial charge in [-0.3, -0.25) is 9.59 Å². The van der Waals surface area contributed by atoms with Gasteiger partial charge < -0.3 is 10.2 Å². The highest BCUT2D eigenvalue weighted by Gasteiger charge is 2.15. The monoisotopic (exact) mass is 316 g/mol. The van der Waals surface area contributed by atoms with Crippen molar-refractivity contribution >= 4 is 40.7 Å². The lowest BCUT2D eigenvalue weighted by Gasteiger charge is -2.23. The molecule has 0 aliphatic heterocycles. The molecular formula is C14H18Cl2N2O2. The zero-order valence-electron chi connectivity index (χ0n) is 11.7. The fraction of sp³-hybridized carbons (Fsp3) is 0.429. The van der Waals surface area contributed by atoms with E-state index in [0.29, 0.717) is 28.8 Å². The van der Waals surface area contributed by atoms with Crippen molar-refractivity contribution in [1.82, 2.24) is 5.32 Å². The van der Waals surface area contributed by atoms with E-state index in [1.807, 2.05) is 13.8 Å². The fourth-order valence-electron chi connectivity index (χ4n) is 1.64. The first-order valence-corrected chi connectivity index (χ1v) is 7.09. The van der Waals surface area contributed by atoms with E-state index in [-0.39, 0.29) is 17.7 Å². The van der Waals surface area contributed by atoms with Gasteiger partial charge in [0.1, 0.15) is 0 Å². The third-order valence-corrected chi connectivity index (χ3v) is 3.28. The molecule has 0 fully saturated rings. The molecule has 2 amide bonds. The molecular weight excluding hydrogens is 299 g/mol. The van der Waals surface area contributed by atoms with Gasteiger partial charge in [-0.25, -0.2) is 0 Å². The molecule has 110 valence electrons. The molecule has 0 aromatic heterocycles. The molecule has 1 rings (SSSR count). The highest BCUT2D eigenvalue weighted by molar-refractivity contribution is 6.36. The normalized spacial score (nSPS) is 10.5. The standard InChI is InChI=1S/C14H18Cl2N2O2/c1-9(2)14(20)17-6-7-18(10(3)19)13-5-4-11(15)8-12(13)16/h4-5,8-9H,6-7H2,1-3H3,(H,17,20). The maximum atomic E-state index is 11.7. The van der Waals surface area contributed by atoms with Crippen LogP contribution >= 0.6 is 23.2 Å². The van der Waals surface area contributed by atoms with Gasteiger partial charge in [0.15, 0.2) is 0 Å². The predicted octanol–water partition coefficient (Wildman–Crippen LogP) is 3.12. The first-order valence-electron chi connectivity index (χ1n) is 6.33. The number of carbonyl (C=O) groups excluding carboxylic acids is 2. The third kappa shape index (κ3) is 4.69. The maximum Gasteiger partial charge on any atom is 0.223 e. The summed E-state index contributed by atoms with van der Waals surface area (Å²) in [6, 6.07) is 4.95. The Balaban J connectivity index is 2.75. The molecule has 0 heterocycles. The Labute approximate surface area is 129 Å². The van der Waals surface area contributed by atoms with E-state index in [4.69, 9.17) is 23.2 Å². The zero-order chi connectivity index (χ0) is 15.3. The Bertz CT molecular complexity index is 504. The van der Waals surface area contributed by atoms with Crippen LogP contribution in [-0.4, -0.2) is 24.9 Å². The van der Waals surface area contributed by atoms with Gasteiger partial charge in [0, 0.05) is 31.0 Å². The first kappa shape index (κ1) is 16.8. The van der Waals surface area contributed by atoms with Gasteiger partial charge in [0.2, 0.25) is 11.8 Å². The maximum absolute atomic E-state index is 11.7. The van der Waals surface area contributed by atoms with Crippen LogP contribution in [0.15, 0.2) is 18.2 Å². The van der Waals surface area contributed by atoms with Crippen LogP contribution in [0.3, 0.4) is 0 Å². The molecule has 0 spiro atoms. The Morgan fingerprint density at radius 2 is 1.95 bits per heavy atom. The summed E-state index contributed by atoms with van der Waals surface area (Å²) in [6.07, 6.45) is 0. The van der Waals surface area contributed by atoms with Crippen molar-refractivity contribution in [3.05, 3.63) is 28.2 Å². The van der Waals surface area contributed by atoms with Crippen LogP contribution in [-0.2, 0) is 9.59 Å². The number of hydrogen-bond acceptors (Lipinski definition) is 2. The van der Waals surface area contributed by atoms with Crippen LogP contribution in [0.4, 0.5) is 5.69 Å². The van der Waals surface area contributed by atoms with Gasteiger partial charge in [-0.1, -0.05) is 37.0 Å². The third-order valence-electron chi connectivity index (χ3n) is 2.74. The molecule has 0 radical (unpaired) electrons. The van der Waals surface area contributed by atoms with E-state index >= 15 is 0 Å². The summed E-state index contributed by atoms with van der Waals surface area (Å²) >= 11 is 11.9. The van der Waals surface area contributed by atoms with Gasteiger partial charge in [-0.05, 0) is 18.2 Å². The van der Waals surface area contributed by atoms with Crippen molar-refractivity contribution in [3.63, 3.8) is 0 Å². The van der Waals surface area contributed by atoms with Gasteiger partial charge in [-0.15, -0.1) is 0 Å². The van der Waals surface area contributed by atoms with E-state index in [1.165, 1.54) is 11.8 Å². The second-order valence-corrected chi connectivity index (χ2v) is 5.56. The van der Waals surface area contributed by atoms with Crippen LogP contribution in [0.25, 0.3) is 0 Å². The smallest absolute Gasteiger partial charge is 0.223 e. The van der Waals surface area contributed by atoms with Gasteiger partial charge in [0.05, 0.1) is 10.7 Å². The minimum atomic E-state index is -0.145. The summed E-state index contributed by atoms with van der Waals surface area (Å²) in [7, 11) is 0. The highest BCUT2D eigenvalue weighted by Crippen LogP contribution is 2.28. The largest absolute Gasteiger partial charge is 0.354 e. The van der Waals surface area contributed by atoms with Crippen molar-refractivity contribution in [2.75, 3.05) is 18.0 Å². The number of carbonyl (C=O) groups is 2. The topological polar surface area (TPSA) is 49.4 Å². The summed E-state index contributed by atoms with van der Waals surface area (Å²) in [5.74, 6) is -0.274. The Hall–Kier alpha value is -1.26. The minimum Gasteiger partial charge on any atom is -0.354 e. The predicted molar refractivity (Wildman–Crippen MR) is 82.3 cm³/mol. The molecule has 1 aromatic rings. The van der Waals surface area contributed by atoms with Gasteiger partial charge in [-0.2, -0.15) is 0 Å². The number of anilines is 1. The number of nitrogens with one attached hydrogen (secondary N) is 1. The molecule has 6 heteroatoms. The summed E-state index contributed by atoms with van der Waals surface area (Å²) in [4.78, 5) is 24.7. The molecule has 0 saturated carbocycles. The van der Waals surface area contributed by atoms with Crippen molar-refractivity contribution in [2.24, 2.45) is 5.92 Å². The molecule has 1 aromatic carbocycles. The summed E-state index contributed by atoms with van der Waals surface area (Å²) in [6.45, 7) is 5.81. The summed E-state index contributed by atoms with van der Waals surface area (Å²) in [5, 5.41) is 3.68. The molecule has 0 aliphatic carbocycles. The summed E-state index contributed by atoms with van der Waals surface area (Å²) < 4.78 is 0. The van der Waals surface area contributed by atoms with Crippen LogP contribution in [0, 0.1) is 5.92 Å². The van der Waals surface area contributed by atoms with Crippen LogP contribution in [0.2, 0.25) is 10.0 Å². The van der Waals surface area contributed by atoms with E-state index in [1.54, 1.807) is 18.2 Å². The number of rotatable bonds is 5. The zero-order valence-corrected chi connectivity index (χ0v) is 13.3. The van der Waals surface area contributed by atoms with E-state index in [2.05, 4.69) is 5.32 Å². The first-order chi connectivity index (χ1) is 9.32. The molecule has 0 unspecified atom stereocenters. The Morgan fingerprint density at radius 1 is 1.30 bits per heavy atom. The quantitative estimate of drug-likeness (QED) is 0.907. The number of benzene rings is 1. The molecule has 1 N–H and O–H groups in total. The van der Waals surface area contributed by atoms with E-state index in [9.17, 15) is 9.59 Å². The lowest BCUT2D eigenvalue weighted by molar-refractivity contribution is -0.124. The molecule has 20 heavy (non-hydrogen) atoms. The second kappa shape index (κ2) is 7.50. The van der Waals surface area contributed by atoms with Crippen molar-refractivity contribution < 1.29 is 9.59 Å². The van der Waals surface area contributed by atoms with Crippen LogP contribution < -0.4 is 10.2 Å². The lowest BCUT2D eigenvalue weighted by atomic mass is 10.2. The molecule has 0 bridgehead atoms. The average Bonchev–Trinajstić information content (AvgIpc) is 2.35. The summed E-state index contributed by atoms with van der Waals surface area (Å²) in [5.41, 5.74) is 0.586. The minimum absolute atomic E-state index is 0.0456. The van der Waals surface area contributed by atoms with Crippen molar-refractivity contribution in [1.29, 1.82) is 0 Å². The van der Waals surface area contributed by atoms with E-state index in [0.717, 1.165) is 0 Å². The fourth-order valence-corrected chi connectivity index (χ4v) is 2.15. The molecule has 4 nitrogen and oxygen atoms in total. The molecule has 0 saturated heterocycles. The van der Waals surface area contributed by atoms with E-state index < -0.39 is 0 Å². The van der Waals surface area contributed by atoms with Crippen LogP contribution in [0.1, 0.15) is 20.8 Å². The number of halogens is 2. The molecule has 0 atom stereocenters. The van der Waals surface area contributed by atoms with Crippen molar-refractivity contribution in [3.8, 4) is 0 Å². The van der Waals surface area contributed by atoms with Gasteiger partial charge in [0.25, 0.3) is 0 Å². The number of amides is 2. The SMILES string of the molecule is CC(=O)N(CCNC(=O)C(C)C)c1ccc(Cl)cc1Cl. The Morgan fingerprint density at radius 3 is 2.45 bits per heavy atom. The highest BCUT2D eigenvalue weighted by atomic mass is 35.5. The van der Waals surface area contributed by atoms with Gasteiger partial charge >= 0.3 is 0 Å². The Kier molecular flexibility index (Phi) is 6.30. The van der Waals surface area contributed by atoms with Crippen LogP contribution in [0.5, 0.6) is 0 Å². The average molecular weight is 317 g/mol.